The van der Waals surface area contributed by atoms with Gasteiger partial charge in [-0.2, -0.15) is 0 Å². The maximum absolute atomic E-state index is 13.9. The minimum absolute atomic E-state index is 0.0545. The molecule has 1 aliphatic rings. The monoisotopic (exact) mass is 386 g/mol. The number of hydrogen-bond acceptors (Lipinski definition) is 5. The molecule has 1 fully saturated rings. The van der Waals surface area contributed by atoms with Gasteiger partial charge in [-0.25, -0.2) is 19.2 Å². The number of aromatic nitrogens is 2. The average molecular weight is 386 g/mol. The topological polar surface area (TPSA) is 84.4 Å². The van der Waals surface area contributed by atoms with Crippen LogP contribution in [0.2, 0.25) is 0 Å². The molecule has 0 unspecified atom stereocenters. The summed E-state index contributed by atoms with van der Waals surface area (Å²) in [6.45, 7) is 5.01. The lowest BCUT2D eigenvalue weighted by Crippen LogP contribution is -2.45. The molecular formula is C20H23FN4O3. The van der Waals surface area contributed by atoms with Crippen LogP contribution in [0.4, 0.5) is 14.9 Å². The summed E-state index contributed by atoms with van der Waals surface area (Å²) in [7, 11) is 0. The van der Waals surface area contributed by atoms with Crippen LogP contribution >= 0.6 is 0 Å². The van der Waals surface area contributed by atoms with Crippen LogP contribution in [0.3, 0.4) is 0 Å². The third-order valence-corrected chi connectivity index (χ3v) is 4.16. The van der Waals surface area contributed by atoms with E-state index in [0.717, 1.165) is 10.5 Å². The molecule has 1 aromatic heterocycles. The van der Waals surface area contributed by atoms with Crippen LogP contribution in [0.15, 0.2) is 42.7 Å². The van der Waals surface area contributed by atoms with Crippen LogP contribution in [0.5, 0.6) is 0 Å². The first-order valence-electron chi connectivity index (χ1n) is 9.05. The largest absolute Gasteiger partial charge is 0.444 e. The first-order chi connectivity index (χ1) is 13.2. The van der Waals surface area contributed by atoms with Crippen LogP contribution < -0.4 is 5.32 Å². The van der Waals surface area contributed by atoms with E-state index >= 15 is 0 Å². The SMILES string of the molecule is CC(C)(C)OC(=O)N1C[C@@H](F)C[C@@H]1C(=O)Nc1ccc(-c2ncccn2)cc1. The minimum Gasteiger partial charge on any atom is -0.444 e. The van der Waals surface area contributed by atoms with E-state index in [1.165, 1.54) is 0 Å². The Balaban J connectivity index is 1.68. The molecule has 0 saturated carbocycles. The van der Waals surface area contributed by atoms with Gasteiger partial charge in [0.15, 0.2) is 5.82 Å². The average Bonchev–Trinajstić information content (AvgIpc) is 3.04. The Morgan fingerprint density at radius 3 is 2.43 bits per heavy atom. The van der Waals surface area contributed by atoms with Crippen molar-refractivity contribution in [2.24, 2.45) is 0 Å². The Kier molecular flexibility index (Phi) is 5.58. The van der Waals surface area contributed by atoms with Crippen LogP contribution in [0, 0.1) is 0 Å². The van der Waals surface area contributed by atoms with Crippen molar-refractivity contribution < 1.29 is 18.7 Å². The third kappa shape index (κ3) is 4.82. The highest BCUT2D eigenvalue weighted by atomic mass is 19.1. The molecule has 2 amide bonds. The van der Waals surface area contributed by atoms with Crippen molar-refractivity contribution >= 4 is 17.7 Å². The number of likely N-dealkylation sites (tertiary alicyclic amines) is 1. The Hall–Kier alpha value is -3.03. The number of anilines is 1. The van der Waals surface area contributed by atoms with Crippen molar-refractivity contribution in [1.29, 1.82) is 0 Å². The van der Waals surface area contributed by atoms with Crippen LogP contribution in [-0.2, 0) is 9.53 Å². The van der Waals surface area contributed by atoms with E-state index in [0.29, 0.717) is 11.5 Å². The molecule has 1 saturated heterocycles. The van der Waals surface area contributed by atoms with Gasteiger partial charge in [0.1, 0.15) is 17.8 Å². The minimum atomic E-state index is -1.26. The zero-order valence-electron chi connectivity index (χ0n) is 16.1. The molecule has 3 rings (SSSR count). The normalized spacial score (nSPS) is 19.4. The number of benzene rings is 1. The summed E-state index contributed by atoms with van der Waals surface area (Å²) in [6.07, 6.45) is 1.29. The van der Waals surface area contributed by atoms with E-state index in [-0.39, 0.29) is 13.0 Å². The molecule has 0 bridgehead atoms. The molecular weight excluding hydrogens is 363 g/mol. The quantitative estimate of drug-likeness (QED) is 0.874. The molecule has 0 spiro atoms. The zero-order valence-corrected chi connectivity index (χ0v) is 16.1. The third-order valence-electron chi connectivity index (χ3n) is 4.16. The van der Waals surface area contributed by atoms with Gasteiger partial charge in [0, 0.05) is 30.1 Å². The van der Waals surface area contributed by atoms with E-state index in [4.69, 9.17) is 4.74 Å². The number of halogens is 1. The first-order valence-corrected chi connectivity index (χ1v) is 9.05. The van der Waals surface area contributed by atoms with Gasteiger partial charge in [-0.1, -0.05) is 0 Å². The lowest BCUT2D eigenvalue weighted by molar-refractivity contribution is -0.120. The van der Waals surface area contributed by atoms with Crippen LogP contribution in [0.1, 0.15) is 27.2 Å². The van der Waals surface area contributed by atoms with Crippen molar-refractivity contribution in [3.05, 3.63) is 42.7 Å². The Bertz CT molecular complexity index is 837. The molecule has 1 N–H and O–H groups in total. The highest BCUT2D eigenvalue weighted by Crippen LogP contribution is 2.25. The zero-order chi connectivity index (χ0) is 20.3. The van der Waals surface area contributed by atoms with Crippen molar-refractivity contribution in [2.45, 2.75) is 45.0 Å². The molecule has 2 heterocycles. The predicted molar refractivity (Wildman–Crippen MR) is 102 cm³/mol. The summed E-state index contributed by atoms with van der Waals surface area (Å²) in [6, 6.07) is 7.80. The van der Waals surface area contributed by atoms with Crippen molar-refractivity contribution in [3.63, 3.8) is 0 Å². The Morgan fingerprint density at radius 2 is 1.82 bits per heavy atom. The number of nitrogens with one attached hydrogen (secondary N) is 1. The van der Waals surface area contributed by atoms with Gasteiger partial charge >= 0.3 is 6.09 Å². The van der Waals surface area contributed by atoms with Gasteiger partial charge in [0.2, 0.25) is 5.91 Å². The number of carbonyl (C=O) groups is 2. The lowest BCUT2D eigenvalue weighted by atomic mass is 10.1. The fourth-order valence-corrected chi connectivity index (χ4v) is 2.93. The summed E-state index contributed by atoms with van der Waals surface area (Å²) < 4.78 is 19.2. The van der Waals surface area contributed by atoms with E-state index in [1.807, 2.05) is 0 Å². The number of alkyl halides is 1. The first kappa shape index (κ1) is 19.7. The summed E-state index contributed by atoms with van der Waals surface area (Å²) in [5.74, 6) is 0.127. The van der Waals surface area contributed by atoms with Gasteiger partial charge in [0.25, 0.3) is 0 Å². The molecule has 0 aliphatic carbocycles. The Labute approximate surface area is 162 Å². The summed E-state index contributed by atoms with van der Waals surface area (Å²) in [5, 5.41) is 2.73. The van der Waals surface area contributed by atoms with E-state index in [1.54, 1.807) is 63.5 Å². The molecule has 0 radical (unpaired) electrons. The molecule has 1 aromatic carbocycles. The predicted octanol–water partition coefficient (Wildman–Crippen LogP) is 3.43. The van der Waals surface area contributed by atoms with Crippen molar-refractivity contribution in [3.8, 4) is 11.4 Å². The molecule has 28 heavy (non-hydrogen) atoms. The molecule has 8 heteroatoms. The molecule has 1 aliphatic heterocycles. The number of carbonyl (C=O) groups excluding carboxylic acids is 2. The van der Waals surface area contributed by atoms with Gasteiger partial charge in [0.05, 0.1) is 6.54 Å². The number of nitrogens with zero attached hydrogens (tertiary/aromatic N) is 3. The second-order valence-corrected chi connectivity index (χ2v) is 7.62. The van der Waals surface area contributed by atoms with E-state index in [2.05, 4.69) is 15.3 Å². The van der Waals surface area contributed by atoms with Gasteiger partial charge in [-0.05, 0) is 51.1 Å². The Morgan fingerprint density at radius 1 is 1.18 bits per heavy atom. The number of hydrogen-bond donors (Lipinski definition) is 1. The van der Waals surface area contributed by atoms with Gasteiger partial charge < -0.3 is 10.1 Å². The highest BCUT2D eigenvalue weighted by molar-refractivity contribution is 5.97. The lowest BCUT2D eigenvalue weighted by Gasteiger charge is -2.27. The van der Waals surface area contributed by atoms with E-state index < -0.39 is 29.8 Å². The fraction of sp³-hybridized carbons (Fsp3) is 0.400. The van der Waals surface area contributed by atoms with E-state index in [9.17, 15) is 14.0 Å². The van der Waals surface area contributed by atoms with Crippen molar-refractivity contribution in [2.75, 3.05) is 11.9 Å². The summed E-state index contributed by atoms with van der Waals surface area (Å²) in [5.41, 5.74) is 0.622. The van der Waals surface area contributed by atoms with Gasteiger partial charge in [-0.15, -0.1) is 0 Å². The van der Waals surface area contributed by atoms with Crippen LogP contribution in [-0.4, -0.2) is 51.2 Å². The highest BCUT2D eigenvalue weighted by Gasteiger charge is 2.41. The van der Waals surface area contributed by atoms with Gasteiger partial charge in [-0.3, -0.25) is 9.69 Å². The number of ether oxygens (including phenoxy) is 1. The molecule has 7 nitrogen and oxygen atoms in total. The summed E-state index contributed by atoms with van der Waals surface area (Å²) in [4.78, 5) is 34.5. The standard InChI is InChI=1S/C20H23FN4O3/c1-20(2,3)28-19(27)25-12-14(21)11-16(25)18(26)24-15-7-5-13(6-8-15)17-22-9-4-10-23-17/h4-10,14,16H,11-12H2,1-3H3,(H,24,26)/t14-,16+/m0/s1. The number of amides is 2. The van der Waals surface area contributed by atoms with Crippen LogP contribution in [0.25, 0.3) is 11.4 Å². The molecule has 2 atom stereocenters. The maximum atomic E-state index is 13.9. The maximum Gasteiger partial charge on any atom is 0.411 e. The summed E-state index contributed by atoms with van der Waals surface area (Å²) >= 11 is 0. The second-order valence-electron chi connectivity index (χ2n) is 7.62. The molecule has 2 aromatic rings. The number of rotatable bonds is 3. The second kappa shape index (κ2) is 7.92. The molecule has 148 valence electrons. The van der Waals surface area contributed by atoms with Crippen molar-refractivity contribution in [1.82, 2.24) is 14.9 Å². The fourth-order valence-electron chi connectivity index (χ4n) is 2.93. The smallest absolute Gasteiger partial charge is 0.411 e.